The molecule has 0 radical (unpaired) electrons. The lowest BCUT2D eigenvalue weighted by Gasteiger charge is -2.42. The molecule has 1 N–H and O–H groups in total. The Balaban J connectivity index is 1.62. The van der Waals surface area contributed by atoms with E-state index in [1.165, 1.54) is 0 Å². The molecular weight excluding hydrogens is 388 g/mol. The summed E-state index contributed by atoms with van der Waals surface area (Å²) in [7, 11) is 0. The van der Waals surface area contributed by atoms with Crippen molar-refractivity contribution < 1.29 is 19.1 Å². The summed E-state index contributed by atoms with van der Waals surface area (Å²) in [5.41, 5.74) is 1.14. The second-order valence-corrected chi connectivity index (χ2v) is 8.77. The van der Waals surface area contributed by atoms with E-state index in [1.54, 1.807) is 28.9 Å². The van der Waals surface area contributed by atoms with Crippen LogP contribution in [0.25, 0.3) is 11.0 Å². The van der Waals surface area contributed by atoms with Crippen molar-refractivity contribution in [2.45, 2.75) is 45.8 Å². The fourth-order valence-electron chi connectivity index (χ4n) is 3.78. The van der Waals surface area contributed by atoms with Gasteiger partial charge in [0.25, 0.3) is 11.5 Å². The third-order valence-electron chi connectivity index (χ3n) is 5.29. The van der Waals surface area contributed by atoms with Gasteiger partial charge in [-0.25, -0.2) is 9.78 Å². The summed E-state index contributed by atoms with van der Waals surface area (Å²) < 4.78 is 11.3. The van der Waals surface area contributed by atoms with Gasteiger partial charge in [-0.1, -0.05) is 0 Å². The van der Waals surface area contributed by atoms with Gasteiger partial charge in [0.2, 0.25) is 5.88 Å². The second kappa shape index (κ2) is 7.30. The van der Waals surface area contributed by atoms with Crippen LogP contribution in [0, 0.1) is 6.92 Å². The first-order chi connectivity index (χ1) is 14.1. The minimum atomic E-state index is -0.574. The topological polar surface area (TPSA) is 105 Å². The van der Waals surface area contributed by atoms with E-state index in [-0.39, 0.29) is 29.5 Å². The highest BCUT2D eigenvalue weighted by Crippen LogP contribution is 2.28. The summed E-state index contributed by atoms with van der Waals surface area (Å²) in [6.45, 7) is 8.73. The van der Waals surface area contributed by atoms with Crippen LogP contribution in [0.2, 0.25) is 0 Å². The first-order valence-corrected chi connectivity index (χ1v) is 10.1. The van der Waals surface area contributed by atoms with E-state index in [2.05, 4.69) is 9.97 Å². The van der Waals surface area contributed by atoms with E-state index in [0.717, 1.165) is 0 Å². The standard InChI is InChI=1S/C21H26N4O5/c1-12-9-15-16(22-17(12)26)10-14-18(23-15)29-8-5-13-11-24(6-7-25(13)19(14)27)20(28)30-21(2,3)4/h9-10,13H,5-8,11H2,1-4H3,(H,22,26)/t13-/m1/s1. The summed E-state index contributed by atoms with van der Waals surface area (Å²) in [4.78, 5) is 48.4. The van der Waals surface area contributed by atoms with Gasteiger partial charge in [0.1, 0.15) is 11.2 Å². The fourth-order valence-corrected chi connectivity index (χ4v) is 3.78. The Kier molecular flexibility index (Phi) is 4.91. The maximum atomic E-state index is 13.3. The first-order valence-electron chi connectivity index (χ1n) is 10.1. The van der Waals surface area contributed by atoms with Crippen LogP contribution in [0.1, 0.15) is 43.1 Å². The zero-order valence-electron chi connectivity index (χ0n) is 17.7. The fraction of sp³-hybridized carbons (Fsp3) is 0.524. The van der Waals surface area contributed by atoms with Crippen LogP contribution >= 0.6 is 0 Å². The number of aromatic nitrogens is 2. The smallest absolute Gasteiger partial charge is 0.410 e. The lowest BCUT2D eigenvalue weighted by molar-refractivity contribution is 0.000964. The van der Waals surface area contributed by atoms with Crippen molar-refractivity contribution in [3.05, 3.63) is 33.6 Å². The third kappa shape index (κ3) is 3.83. The minimum absolute atomic E-state index is 0.181. The number of carbonyl (C=O) groups excluding carboxylic acids is 2. The first kappa shape index (κ1) is 20.2. The van der Waals surface area contributed by atoms with Crippen molar-refractivity contribution in [2.75, 3.05) is 26.2 Å². The predicted octanol–water partition coefficient (Wildman–Crippen LogP) is 2.08. The highest BCUT2D eigenvalue weighted by Gasteiger charge is 2.37. The molecule has 0 unspecified atom stereocenters. The molecular formula is C21H26N4O5. The van der Waals surface area contributed by atoms with Crippen LogP contribution < -0.4 is 10.3 Å². The van der Waals surface area contributed by atoms with E-state index in [4.69, 9.17) is 9.47 Å². The van der Waals surface area contributed by atoms with Crippen LogP contribution in [0.15, 0.2) is 16.9 Å². The molecule has 0 aromatic carbocycles. The van der Waals surface area contributed by atoms with E-state index in [9.17, 15) is 14.4 Å². The van der Waals surface area contributed by atoms with E-state index >= 15 is 0 Å². The molecule has 1 atom stereocenters. The number of hydrogen-bond donors (Lipinski definition) is 1. The lowest BCUT2D eigenvalue weighted by Crippen LogP contribution is -2.58. The average molecular weight is 414 g/mol. The Morgan fingerprint density at radius 2 is 2.03 bits per heavy atom. The van der Waals surface area contributed by atoms with Crippen LogP contribution in [0.4, 0.5) is 4.79 Å². The number of amides is 2. The number of H-pyrrole nitrogens is 1. The number of hydrogen-bond acceptors (Lipinski definition) is 6. The van der Waals surface area contributed by atoms with Crippen LogP contribution in [-0.4, -0.2) is 69.7 Å². The van der Waals surface area contributed by atoms with Crippen LogP contribution in [-0.2, 0) is 4.74 Å². The van der Waals surface area contributed by atoms with Gasteiger partial charge in [-0.15, -0.1) is 0 Å². The zero-order valence-corrected chi connectivity index (χ0v) is 17.7. The molecule has 160 valence electrons. The largest absolute Gasteiger partial charge is 0.477 e. The summed E-state index contributed by atoms with van der Waals surface area (Å²) in [5.74, 6) is 0.0568. The van der Waals surface area contributed by atoms with Crippen LogP contribution in [0.3, 0.4) is 0 Å². The van der Waals surface area contributed by atoms with Crippen molar-refractivity contribution in [3.63, 3.8) is 0 Å². The van der Waals surface area contributed by atoms with Crippen molar-refractivity contribution in [1.82, 2.24) is 19.8 Å². The number of carbonyl (C=O) groups is 2. The number of nitrogens with zero attached hydrogens (tertiary/aromatic N) is 3. The van der Waals surface area contributed by atoms with Gasteiger partial charge in [0.05, 0.1) is 23.7 Å². The van der Waals surface area contributed by atoms with Gasteiger partial charge in [0, 0.05) is 31.6 Å². The van der Waals surface area contributed by atoms with Gasteiger partial charge in [-0.05, 0) is 39.8 Å². The molecule has 9 heteroatoms. The molecule has 30 heavy (non-hydrogen) atoms. The molecule has 2 aliphatic rings. The molecule has 1 saturated heterocycles. The number of nitrogens with one attached hydrogen (secondary N) is 1. The molecule has 0 spiro atoms. The monoisotopic (exact) mass is 414 g/mol. The number of aromatic amines is 1. The van der Waals surface area contributed by atoms with Gasteiger partial charge in [-0.3, -0.25) is 9.59 Å². The number of rotatable bonds is 0. The molecule has 2 amide bonds. The predicted molar refractivity (Wildman–Crippen MR) is 110 cm³/mol. The molecule has 9 nitrogen and oxygen atoms in total. The Bertz CT molecular complexity index is 1070. The minimum Gasteiger partial charge on any atom is -0.477 e. The van der Waals surface area contributed by atoms with E-state index in [0.29, 0.717) is 54.8 Å². The van der Waals surface area contributed by atoms with Crippen molar-refractivity contribution in [2.24, 2.45) is 0 Å². The van der Waals surface area contributed by atoms with E-state index < -0.39 is 5.60 Å². The van der Waals surface area contributed by atoms with Gasteiger partial charge in [-0.2, -0.15) is 0 Å². The van der Waals surface area contributed by atoms with Crippen molar-refractivity contribution in [1.29, 1.82) is 0 Å². The second-order valence-electron chi connectivity index (χ2n) is 8.77. The number of ether oxygens (including phenoxy) is 2. The molecule has 2 aliphatic heterocycles. The van der Waals surface area contributed by atoms with Gasteiger partial charge >= 0.3 is 6.09 Å². The van der Waals surface area contributed by atoms with Crippen molar-refractivity contribution in [3.8, 4) is 5.88 Å². The number of piperazine rings is 1. The lowest BCUT2D eigenvalue weighted by atomic mass is 10.1. The summed E-state index contributed by atoms with van der Waals surface area (Å²) in [6.07, 6.45) is 0.202. The molecule has 0 bridgehead atoms. The number of fused-ring (bicyclic) bond motifs is 3. The van der Waals surface area contributed by atoms with Gasteiger partial charge < -0.3 is 24.3 Å². The highest BCUT2D eigenvalue weighted by molar-refractivity contribution is 5.99. The Morgan fingerprint density at radius 3 is 2.77 bits per heavy atom. The molecule has 2 aromatic heterocycles. The zero-order chi connectivity index (χ0) is 21.6. The number of aryl methyl sites for hydroxylation is 1. The Hall–Kier alpha value is -3.10. The third-order valence-corrected chi connectivity index (χ3v) is 5.29. The van der Waals surface area contributed by atoms with Gasteiger partial charge in [0.15, 0.2) is 0 Å². The summed E-state index contributed by atoms with van der Waals surface area (Å²) >= 11 is 0. The normalized spacial score (nSPS) is 19.5. The average Bonchev–Trinajstić information content (AvgIpc) is 2.66. The molecule has 0 saturated carbocycles. The van der Waals surface area contributed by atoms with Crippen molar-refractivity contribution >= 4 is 23.0 Å². The molecule has 1 fully saturated rings. The van der Waals surface area contributed by atoms with E-state index in [1.807, 2.05) is 20.8 Å². The molecule has 4 heterocycles. The summed E-state index contributed by atoms with van der Waals surface area (Å²) in [6, 6.07) is 3.13. The number of pyridine rings is 2. The maximum Gasteiger partial charge on any atom is 0.410 e. The molecule has 0 aliphatic carbocycles. The molecule has 4 rings (SSSR count). The maximum absolute atomic E-state index is 13.3. The SMILES string of the molecule is Cc1cc2nc3c(cc2[nH]c1=O)C(=O)N1CCN(C(=O)OC(C)(C)C)C[C@H]1CCO3. The Labute approximate surface area is 174 Å². The van der Waals surface area contributed by atoms with Crippen LogP contribution in [0.5, 0.6) is 5.88 Å². The summed E-state index contributed by atoms with van der Waals surface area (Å²) in [5, 5.41) is 0. The Morgan fingerprint density at radius 1 is 1.27 bits per heavy atom. The quantitative estimate of drug-likeness (QED) is 0.708. The molecule has 2 aromatic rings. The highest BCUT2D eigenvalue weighted by atomic mass is 16.6.